The topological polar surface area (TPSA) is 29.5 Å². The van der Waals surface area contributed by atoms with Crippen molar-refractivity contribution < 1.29 is 22.7 Å². The van der Waals surface area contributed by atoms with Crippen LogP contribution in [0.25, 0.3) is 0 Å². The number of carbonyl (C=O) groups excluding carboxylic acids is 1. The Bertz CT molecular complexity index is 523. The van der Waals surface area contributed by atoms with E-state index in [2.05, 4.69) is 4.74 Å². The van der Waals surface area contributed by atoms with Crippen molar-refractivity contribution in [3.8, 4) is 0 Å². The number of alkyl halides is 3. The van der Waals surface area contributed by atoms with E-state index in [-0.39, 0.29) is 5.69 Å². The zero-order valence-electron chi connectivity index (χ0n) is 10.8. The van der Waals surface area contributed by atoms with Crippen LogP contribution in [-0.2, 0) is 17.3 Å². The maximum absolute atomic E-state index is 12.7. The molecule has 2 rings (SSSR count). The van der Waals surface area contributed by atoms with Gasteiger partial charge in [-0.05, 0) is 38.0 Å². The number of hydrogen-bond acceptors (Lipinski definition) is 2. The molecule has 0 bridgehead atoms. The Kier molecular flexibility index (Phi) is 2.99. The van der Waals surface area contributed by atoms with Gasteiger partial charge < -0.3 is 4.74 Å². The standard InChI is InChI=1S/C13H14F3NO2/c1-12(2)7-8-4-5-9(13(14,15)16)6-10(8)17(12)11(18)19-3/h4-6H,7H2,1-3H3. The molecule has 6 heteroatoms. The van der Waals surface area contributed by atoms with Gasteiger partial charge in [0.2, 0.25) is 0 Å². The van der Waals surface area contributed by atoms with Gasteiger partial charge in [0.25, 0.3) is 0 Å². The number of benzene rings is 1. The number of nitrogens with zero attached hydrogens (tertiary/aromatic N) is 1. The van der Waals surface area contributed by atoms with Crippen LogP contribution in [0.2, 0.25) is 0 Å². The molecule has 0 unspecified atom stereocenters. The predicted octanol–water partition coefficient (Wildman–Crippen LogP) is 3.61. The molecular formula is C13H14F3NO2. The quantitative estimate of drug-likeness (QED) is 0.722. The van der Waals surface area contributed by atoms with Gasteiger partial charge in [0.1, 0.15) is 0 Å². The molecule has 0 fully saturated rings. The lowest BCUT2D eigenvalue weighted by molar-refractivity contribution is -0.137. The van der Waals surface area contributed by atoms with Crippen molar-refractivity contribution in [1.29, 1.82) is 0 Å². The Morgan fingerprint density at radius 2 is 2.00 bits per heavy atom. The van der Waals surface area contributed by atoms with Crippen LogP contribution in [0.5, 0.6) is 0 Å². The van der Waals surface area contributed by atoms with Gasteiger partial charge in [0.05, 0.1) is 18.4 Å². The van der Waals surface area contributed by atoms with E-state index in [1.54, 1.807) is 13.8 Å². The van der Waals surface area contributed by atoms with E-state index in [9.17, 15) is 18.0 Å². The van der Waals surface area contributed by atoms with E-state index < -0.39 is 23.4 Å². The van der Waals surface area contributed by atoms with Gasteiger partial charge in [-0.15, -0.1) is 0 Å². The fourth-order valence-electron chi connectivity index (χ4n) is 2.41. The first-order valence-electron chi connectivity index (χ1n) is 5.75. The van der Waals surface area contributed by atoms with Crippen LogP contribution in [0.15, 0.2) is 18.2 Å². The smallest absolute Gasteiger partial charge is 0.416 e. The number of hydrogen-bond donors (Lipinski definition) is 0. The Morgan fingerprint density at radius 1 is 1.37 bits per heavy atom. The molecule has 0 saturated heterocycles. The normalized spacial score (nSPS) is 17.3. The highest BCUT2D eigenvalue weighted by molar-refractivity contribution is 5.92. The number of amides is 1. The van der Waals surface area contributed by atoms with Gasteiger partial charge in [-0.25, -0.2) is 4.79 Å². The molecular weight excluding hydrogens is 259 g/mol. The van der Waals surface area contributed by atoms with Crippen LogP contribution in [-0.4, -0.2) is 18.7 Å². The molecule has 1 aromatic carbocycles. The Morgan fingerprint density at radius 3 is 2.53 bits per heavy atom. The summed E-state index contributed by atoms with van der Waals surface area (Å²) in [5.41, 5.74) is -0.382. The molecule has 1 aliphatic heterocycles. The molecule has 104 valence electrons. The van der Waals surface area contributed by atoms with Crippen molar-refractivity contribution in [3.05, 3.63) is 29.3 Å². The highest BCUT2D eigenvalue weighted by Crippen LogP contribution is 2.42. The third-order valence-electron chi connectivity index (χ3n) is 3.24. The summed E-state index contributed by atoms with van der Waals surface area (Å²) in [6.45, 7) is 3.58. The zero-order chi connectivity index (χ0) is 14.4. The van der Waals surface area contributed by atoms with E-state index in [0.717, 1.165) is 12.1 Å². The van der Waals surface area contributed by atoms with Crippen molar-refractivity contribution >= 4 is 11.8 Å². The lowest BCUT2D eigenvalue weighted by atomic mass is 9.99. The first-order chi connectivity index (χ1) is 8.66. The number of ether oxygens (including phenoxy) is 1. The van der Waals surface area contributed by atoms with Gasteiger partial charge in [-0.1, -0.05) is 6.07 Å². The molecule has 0 N–H and O–H groups in total. The minimum absolute atomic E-state index is 0.270. The average Bonchev–Trinajstić information content (AvgIpc) is 2.55. The van der Waals surface area contributed by atoms with Gasteiger partial charge in [0.15, 0.2) is 0 Å². The maximum Gasteiger partial charge on any atom is 0.416 e. The Balaban J connectivity index is 2.53. The van der Waals surface area contributed by atoms with Gasteiger partial charge in [-0.3, -0.25) is 4.90 Å². The van der Waals surface area contributed by atoms with E-state index in [4.69, 9.17) is 0 Å². The second-order valence-corrected chi connectivity index (χ2v) is 5.14. The lowest BCUT2D eigenvalue weighted by Crippen LogP contribution is -2.45. The van der Waals surface area contributed by atoms with Crippen LogP contribution in [0, 0.1) is 0 Å². The number of halogens is 3. The second kappa shape index (κ2) is 4.15. The second-order valence-electron chi connectivity index (χ2n) is 5.14. The summed E-state index contributed by atoms with van der Waals surface area (Å²) in [6, 6.07) is 3.46. The molecule has 1 aromatic rings. The molecule has 1 heterocycles. The molecule has 1 aliphatic rings. The van der Waals surface area contributed by atoms with Crippen molar-refractivity contribution in [2.45, 2.75) is 32.0 Å². The Labute approximate surface area is 109 Å². The molecule has 3 nitrogen and oxygen atoms in total. The van der Waals surface area contributed by atoms with Crippen molar-refractivity contribution in [3.63, 3.8) is 0 Å². The minimum Gasteiger partial charge on any atom is -0.452 e. The SMILES string of the molecule is COC(=O)N1c2cc(C(F)(F)F)ccc2CC1(C)C. The first kappa shape index (κ1) is 13.7. The first-order valence-corrected chi connectivity index (χ1v) is 5.75. The highest BCUT2D eigenvalue weighted by atomic mass is 19.4. The average molecular weight is 273 g/mol. The van der Waals surface area contributed by atoms with Crippen LogP contribution in [0.3, 0.4) is 0 Å². The number of fused-ring (bicyclic) bond motifs is 1. The van der Waals surface area contributed by atoms with Gasteiger partial charge in [0, 0.05) is 5.54 Å². The van der Waals surface area contributed by atoms with E-state index in [0.29, 0.717) is 12.0 Å². The summed E-state index contributed by atoms with van der Waals surface area (Å²) in [5, 5.41) is 0. The lowest BCUT2D eigenvalue weighted by Gasteiger charge is -2.30. The molecule has 0 atom stereocenters. The van der Waals surface area contributed by atoms with Crippen molar-refractivity contribution in [1.82, 2.24) is 0 Å². The summed E-state index contributed by atoms with van der Waals surface area (Å²) < 4.78 is 42.8. The number of carbonyl (C=O) groups is 1. The number of rotatable bonds is 0. The molecule has 0 saturated carbocycles. The van der Waals surface area contributed by atoms with Gasteiger partial charge >= 0.3 is 12.3 Å². The highest BCUT2D eigenvalue weighted by Gasteiger charge is 2.42. The van der Waals surface area contributed by atoms with Crippen LogP contribution in [0.4, 0.5) is 23.7 Å². The fourth-order valence-corrected chi connectivity index (χ4v) is 2.41. The van der Waals surface area contributed by atoms with Gasteiger partial charge in [-0.2, -0.15) is 13.2 Å². The largest absolute Gasteiger partial charge is 0.452 e. The van der Waals surface area contributed by atoms with Crippen LogP contribution in [0.1, 0.15) is 25.0 Å². The Hall–Kier alpha value is -1.72. The summed E-state index contributed by atoms with van der Waals surface area (Å²) in [4.78, 5) is 13.1. The van der Waals surface area contributed by atoms with Crippen molar-refractivity contribution in [2.24, 2.45) is 0 Å². The third-order valence-corrected chi connectivity index (χ3v) is 3.24. The summed E-state index contributed by atoms with van der Waals surface area (Å²) in [6.07, 6.45) is -4.58. The number of anilines is 1. The van der Waals surface area contributed by atoms with Crippen LogP contribution >= 0.6 is 0 Å². The summed E-state index contributed by atoms with van der Waals surface area (Å²) >= 11 is 0. The predicted molar refractivity (Wildman–Crippen MR) is 64.1 cm³/mol. The van der Waals surface area contributed by atoms with E-state index in [1.807, 2.05) is 0 Å². The zero-order valence-corrected chi connectivity index (χ0v) is 10.8. The molecule has 0 aromatic heterocycles. The molecule has 0 spiro atoms. The van der Waals surface area contributed by atoms with E-state index >= 15 is 0 Å². The monoisotopic (exact) mass is 273 g/mol. The fraction of sp³-hybridized carbons (Fsp3) is 0.462. The third kappa shape index (κ3) is 2.27. The van der Waals surface area contributed by atoms with Crippen LogP contribution < -0.4 is 4.90 Å². The van der Waals surface area contributed by atoms with Crippen molar-refractivity contribution in [2.75, 3.05) is 12.0 Å². The summed E-state index contributed by atoms with van der Waals surface area (Å²) in [7, 11) is 1.21. The molecule has 0 aliphatic carbocycles. The van der Waals surface area contributed by atoms with E-state index in [1.165, 1.54) is 18.1 Å². The molecule has 1 amide bonds. The molecule has 0 radical (unpaired) electrons. The number of methoxy groups -OCH3 is 1. The molecule has 19 heavy (non-hydrogen) atoms. The summed E-state index contributed by atoms with van der Waals surface area (Å²) in [5.74, 6) is 0. The maximum atomic E-state index is 12.7. The minimum atomic E-state index is -4.43.